The number of carbonyl (C=O) groups excluding carboxylic acids is 4. The summed E-state index contributed by atoms with van der Waals surface area (Å²) in [6.07, 6.45) is -0.118. The number of fused-ring (bicyclic) bond motifs is 2. The fourth-order valence-electron chi connectivity index (χ4n) is 3.88. The van der Waals surface area contributed by atoms with E-state index in [-0.39, 0.29) is 24.7 Å². The normalized spacial score (nSPS) is 20.8. The number of primary amides is 1. The quantitative estimate of drug-likeness (QED) is 0.664. The molecule has 4 amide bonds. The average Bonchev–Trinajstić information content (AvgIpc) is 3.07. The Morgan fingerprint density at radius 2 is 1.89 bits per heavy atom. The number of nitrogens with zero attached hydrogens (tertiary/aromatic N) is 2. The Hall–Kier alpha value is -2.94. The second-order valence-corrected chi connectivity index (χ2v) is 7.36. The topological polar surface area (TPSA) is 122 Å². The third-order valence-electron chi connectivity index (χ3n) is 5.12. The molecule has 2 aliphatic rings. The van der Waals surface area contributed by atoms with Crippen LogP contribution >= 0.6 is 0 Å². The van der Waals surface area contributed by atoms with E-state index in [9.17, 15) is 19.2 Å². The Bertz CT molecular complexity index is 807. The Morgan fingerprint density at radius 1 is 1.21 bits per heavy atom. The third-order valence-corrected chi connectivity index (χ3v) is 5.12. The van der Waals surface area contributed by atoms with Crippen LogP contribution in [0.3, 0.4) is 0 Å². The van der Waals surface area contributed by atoms with E-state index in [1.165, 1.54) is 0 Å². The number of amides is 4. The van der Waals surface area contributed by atoms with Crippen molar-refractivity contribution in [3.63, 3.8) is 0 Å². The molecule has 1 aromatic rings. The molecule has 1 fully saturated rings. The lowest BCUT2D eigenvalue weighted by Crippen LogP contribution is -2.37. The Kier molecular flexibility index (Phi) is 5.64. The summed E-state index contributed by atoms with van der Waals surface area (Å²) in [4.78, 5) is 53.5. The van der Waals surface area contributed by atoms with Gasteiger partial charge in [-0.2, -0.15) is 0 Å². The fourth-order valence-corrected chi connectivity index (χ4v) is 3.88. The van der Waals surface area contributed by atoms with E-state index in [2.05, 4.69) is 5.32 Å². The van der Waals surface area contributed by atoms with Crippen LogP contribution in [0.4, 0.5) is 4.79 Å². The molecular formula is C19H24N4O5. The number of rotatable bonds is 7. The van der Waals surface area contributed by atoms with Crippen molar-refractivity contribution in [3.8, 4) is 0 Å². The monoisotopic (exact) mass is 388 g/mol. The van der Waals surface area contributed by atoms with Gasteiger partial charge in [0.2, 0.25) is 5.91 Å². The van der Waals surface area contributed by atoms with Gasteiger partial charge in [0, 0.05) is 37.4 Å². The van der Waals surface area contributed by atoms with Crippen LogP contribution in [0.1, 0.15) is 52.6 Å². The maximum absolute atomic E-state index is 11.9. The average molecular weight is 388 g/mol. The second kappa shape index (κ2) is 7.97. The predicted molar refractivity (Wildman–Crippen MR) is 99.2 cm³/mol. The zero-order chi connectivity index (χ0) is 20.4. The van der Waals surface area contributed by atoms with Gasteiger partial charge < -0.3 is 20.8 Å². The molecule has 3 N–H and O–H groups in total. The van der Waals surface area contributed by atoms with Gasteiger partial charge in [0.15, 0.2) is 0 Å². The minimum atomic E-state index is -0.838. The van der Waals surface area contributed by atoms with Crippen LogP contribution in [0.2, 0.25) is 0 Å². The van der Waals surface area contributed by atoms with E-state index < -0.39 is 23.8 Å². The summed E-state index contributed by atoms with van der Waals surface area (Å²) < 4.78 is 0. The number of likely N-dealkylation sites (N-methyl/N-ethyl adjacent to an activating group) is 1. The number of hydroxylamine groups is 2. The van der Waals surface area contributed by atoms with Crippen molar-refractivity contribution in [1.82, 2.24) is 15.3 Å². The van der Waals surface area contributed by atoms with E-state index in [4.69, 9.17) is 10.6 Å². The molecule has 0 aromatic heterocycles. The first-order valence-electron chi connectivity index (χ1n) is 9.18. The molecule has 3 rings (SSSR count). The van der Waals surface area contributed by atoms with Crippen molar-refractivity contribution in [2.24, 2.45) is 5.73 Å². The number of benzene rings is 1. The van der Waals surface area contributed by atoms with Crippen LogP contribution in [-0.2, 0) is 14.4 Å². The summed E-state index contributed by atoms with van der Waals surface area (Å²) in [5.74, 6) is -1.29. The maximum atomic E-state index is 11.9. The van der Waals surface area contributed by atoms with Crippen molar-refractivity contribution in [3.05, 3.63) is 34.9 Å². The van der Waals surface area contributed by atoms with Gasteiger partial charge in [0.1, 0.15) is 0 Å². The van der Waals surface area contributed by atoms with Crippen molar-refractivity contribution >= 4 is 23.8 Å². The summed E-state index contributed by atoms with van der Waals surface area (Å²) in [6, 6.07) is 5.64. The van der Waals surface area contributed by atoms with Crippen LogP contribution in [0.5, 0.6) is 0 Å². The summed E-state index contributed by atoms with van der Waals surface area (Å²) >= 11 is 0. The molecule has 0 radical (unpaired) electrons. The Labute approximate surface area is 162 Å². The highest BCUT2D eigenvalue weighted by Gasteiger charge is 2.35. The van der Waals surface area contributed by atoms with Gasteiger partial charge in [-0.1, -0.05) is 12.1 Å². The van der Waals surface area contributed by atoms with E-state index in [0.717, 1.165) is 17.7 Å². The Balaban J connectivity index is 1.60. The van der Waals surface area contributed by atoms with Crippen LogP contribution in [0.15, 0.2) is 18.2 Å². The van der Waals surface area contributed by atoms with E-state index >= 15 is 0 Å². The van der Waals surface area contributed by atoms with Crippen molar-refractivity contribution in [2.45, 2.75) is 31.1 Å². The van der Waals surface area contributed by atoms with Gasteiger partial charge in [-0.05, 0) is 43.6 Å². The van der Waals surface area contributed by atoms with Gasteiger partial charge in [-0.15, -0.1) is 5.06 Å². The molecule has 1 aromatic carbocycles. The highest BCUT2D eigenvalue weighted by Crippen LogP contribution is 2.44. The standard InChI is InChI=1S/C19H24N4O5/c1-22(2)10-15-12(11-3-4-13(18(20)26)14(15)9-11)7-8-21-19(27)28-23-16(24)5-6-17(23)25/h3-4,9,12,15H,5-8,10H2,1-2H3,(H2,20,26)(H,21,27). The number of hydrogen-bond donors (Lipinski definition) is 2. The lowest BCUT2D eigenvalue weighted by molar-refractivity contribution is -0.171. The summed E-state index contributed by atoms with van der Waals surface area (Å²) in [7, 11) is 3.92. The largest absolute Gasteiger partial charge is 0.432 e. The molecule has 2 atom stereocenters. The van der Waals surface area contributed by atoms with E-state index in [1.54, 1.807) is 6.07 Å². The summed E-state index contributed by atoms with van der Waals surface area (Å²) in [5, 5.41) is 3.10. The molecular weight excluding hydrogens is 364 g/mol. The molecule has 150 valence electrons. The summed E-state index contributed by atoms with van der Waals surface area (Å²) in [5.41, 5.74) is 8.05. The molecule has 2 bridgehead atoms. The first kappa shape index (κ1) is 19.8. The molecule has 0 saturated carbocycles. The van der Waals surface area contributed by atoms with Gasteiger partial charge in [0.05, 0.1) is 0 Å². The maximum Gasteiger partial charge on any atom is 0.432 e. The highest BCUT2D eigenvalue weighted by atomic mass is 16.7. The lowest BCUT2D eigenvalue weighted by Gasteiger charge is -2.25. The molecule has 1 heterocycles. The molecule has 28 heavy (non-hydrogen) atoms. The molecule has 1 aliphatic carbocycles. The number of hydrogen-bond acceptors (Lipinski definition) is 6. The Morgan fingerprint density at radius 3 is 2.50 bits per heavy atom. The van der Waals surface area contributed by atoms with Gasteiger partial charge in [0.25, 0.3) is 11.8 Å². The molecule has 9 nitrogen and oxygen atoms in total. The lowest BCUT2D eigenvalue weighted by atomic mass is 9.87. The number of imide groups is 1. The van der Waals surface area contributed by atoms with Gasteiger partial charge in [-0.3, -0.25) is 14.4 Å². The minimum absolute atomic E-state index is 0.0538. The SMILES string of the molecule is CN(C)CC1c2cc(ccc2C(N)=O)C1CCNC(=O)ON1C(=O)CCC1=O. The van der Waals surface area contributed by atoms with Gasteiger partial charge >= 0.3 is 6.09 Å². The fraction of sp³-hybridized carbons (Fsp3) is 0.474. The van der Waals surface area contributed by atoms with Crippen molar-refractivity contribution in [2.75, 3.05) is 27.2 Å². The highest BCUT2D eigenvalue weighted by molar-refractivity contribution is 6.01. The molecule has 1 saturated heterocycles. The van der Waals surface area contributed by atoms with Crippen molar-refractivity contribution < 1.29 is 24.0 Å². The smallest absolute Gasteiger partial charge is 0.366 e. The molecule has 2 unspecified atom stereocenters. The first-order chi connectivity index (χ1) is 13.3. The zero-order valence-electron chi connectivity index (χ0n) is 15.9. The van der Waals surface area contributed by atoms with Crippen LogP contribution in [-0.4, -0.2) is 61.0 Å². The minimum Gasteiger partial charge on any atom is -0.366 e. The molecule has 1 aliphatic heterocycles. The van der Waals surface area contributed by atoms with Crippen molar-refractivity contribution in [1.29, 1.82) is 0 Å². The first-order valence-corrected chi connectivity index (χ1v) is 9.18. The number of carbonyl (C=O) groups is 4. The molecule has 0 spiro atoms. The van der Waals surface area contributed by atoms with Gasteiger partial charge in [-0.25, -0.2) is 4.79 Å². The third kappa shape index (κ3) is 3.99. The number of nitrogens with two attached hydrogens (primary N) is 1. The van der Waals surface area contributed by atoms with E-state index in [1.807, 2.05) is 31.1 Å². The zero-order valence-corrected chi connectivity index (χ0v) is 15.9. The second-order valence-electron chi connectivity index (χ2n) is 7.36. The predicted octanol–water partition coefficient (Wildman–Crippen LogP) is 0.708. The van der Waals surface area contributed by atoms with Crippen LogP contribution in [0.25, 0.3) is 0 Å². The summed E-state index contributed by atoms with van der Waals surface area (Å²) in [6.45, 7) is 1.04. The number of nitrogens with one attached hydrogen (secondary N) is 1. The van der Waals surface area contributed by atoms with Crippen LogP contribution < -0.4 is 11.1 Å². The van der Waals surface area contributed by atoms with Crippen LogP contribution in [0, 0.1) is 0 Å². The van der Waals surface area contributed by atoms with E-state index in [0.29, 0.717) is 23.6 Å². The molecule has 9 heteroatoms.